The van der Waals surface area contributed by atoms with Crippen molar-refractivity contribution in [3.63, 3.8) is 0 Å². The molecule has 0 bridgehead atoms. The van der Waals surface area contributed by atoms with E-state index in [0.29, 0.717) is 25.3 Å². The van der Waals surface area contributed by atoms with Gasteiger partial charge in [0.2, 0.25) is 0 Å². The van der Waals surface area contributed by atoms with Crippen LogP contribution in [-0.4, -0.2) is 80.5 Å². The third-order valence-corrected chi connectivity index (χ3v) is 4.68. The van der Waals surface area contributed by atoms with Crippen LogP contribution in [0.2, 0.25) is 0 Å². The van der Waals surface area contributed by atoms with Gasteiger partial charge in [-0.15, -0.1) is 0 Å². The molecule has 3 heterocycles. The van der Waals surface area contributed by atoms with Crippen molar-refractivity contribution < 1.29 is 14.3 Å². The van der Waals surface area contributed by atoms with Gasteiger partial charge in [0, 0.05) is 44.9 Å². The maximum atomic E-state index is 12.4. The highest BCUT2D eigenvalue weighted by Crippen LogP contribution is 2.16. The summed E-state index contributed by atoms with van der Waals surface area (Å²) in [5, 5.41) is 3.70. The number of ether oxygens (including phenoxy) is 2. The van der Waals surface area contributed by atoms with E-state index in [4.69, 9.17) is 9.47 Å². The van der Waals surface area contributed by atoms with E-state index in [1.54, 1.807) is 0 Å². The van der Waals surface area contributed by atoms with Gasteiger partial charge in [0.15, 0.2) is 0 Å². The van der Waals surface area contributed by atoms with Crippen molar-refractivity contribution in [2.75, 3.05) is 52.6 Å². The zero-order valence-electron chi connectivity index (χ0n) is 12.8. The first kappa shape index (κ1) is 15.1. The Morgan fingerprint density at radius 3 is 2.24 bits per heavy atom. The Bertz CT molecular complexity index is 333. The van der Waals surface area contributed by atoms with E-state index in [9.17, 15) is 4.79 Å². The minimum atomic E-state index is 0.192. The van der Waals surface area contributed by atoms with Crippen LogP contribution in [0.4, 0.5) is 4.79 Å². The smallest absolute Gasteiger partial charge is 0.320 e. The van der Waals surface area contributed by atoms with Crippen molar-refractivity contribution in [1.29, 1.82) is 0 Å². The zero-order chi connectivity index (χ0) is 14.5. The monoisotopic (exact) mass is 297 g/mol. The first-order valence-corrected chi connectivity index (χ1v) is 8.28. The van der Waals surface area contributed by atoms with Crippen LogP contribution >= 0.6 is 0 Å². The molecule has 3 saturated heterocycles. The van der Waals surface area contributed by atoms with Crippen molar-refractivity contribution in [3.8, 4) is 0 Å². The van der Waals surface area contributed by atoms with Crippen molar-refractivity contribution in [2.45, 2.75) is 37.8 Å². The summed E-state index contributed by atoms with van der Waals surface area (Å²) in [7, 11) is 0. The van der Waals surface area contributed by atoms with Gasteiger partial charge in [0.25, 0.3) is 0 Å². The van der Waals surface area contributed by atoms with E-state index in [2.05, 4.69) is 5.32 Å². The second-order valence-electron chi connectivity index (χ2n) is 6.22. The van der Waals surface area contributed by atoms with E-state index < -0.39 is 0 Å². The number of nitrogens with zero attached hydrogens (tertiary/aromatic N) is 2. The molecule has 0 aromatic heterocycles. The quantitative estimate of drug-likeness (QED) is 0.814. The number of hydrogen-bond acceptors (Lipinski definition) is 4. The van der Waals surface area contributed by atoms with Gasteiger partial charge < -0.3 is 24.6 Å². The van der Waals surface area contributed by atoms with Crippen LogP contribution in [0.5, 0.6) is 0 Å². The molecule has 6 heteroatoms. The molecule has 1 N–H and O–H groups in total. The van der Waals surface area contributed by atoms with E-state index in [0.717, 1.165) is 58.7 Å². The number of hydrogen-bond donors (Lipinski definition) is 1. The molecule has 0 saturated carbocycles. The van der Waals surface area contributed by atoms with Gasteiger partial charge in [-0.25, -0.2) is 4.79 Å². The molecule has 0 spiro atoms. The fourth-order valence-corrected chi connectivity index (χ4v) is 3.40. The molecular formula is C15H27N3O3. The van der Waals surface area contributed by atoms with Gasteiger partial charge in [0.1, 0.15) is 0 Å². The SMILES string of the molecule is O=C(N1CCOCC1)N1CCC(N[C@H]2CCCOC2)CC1. The number of rotatable bonds is 2. The Labute approximate surface area is 126 Å². The average Bonchev–Trinajstić information content (AvgIpc) is 2.57. The molecule has 0 unspecified atom stereocenters. The summed E-state index contributed by atoms with van der Waals surface area (Å²) in [6.45, 7) is 6.28. The lowest BCUT2D eigenvalue weighted by Crippen LogP contribution is -2.53. The number of amides is 2. The zero-order valence-corrected chi connectivity index (χ0v) is 12.8. The maximum absolute atomic E-state index is 12.4. The lowest BCUT2D eigenvalue weighted by molar-refractivity contribution is 0.0388. The van der Waals surface area contributed by atoms with Crippen LogP contribution in [0.1, 0.15) is 25.7 Å². The molecule has 3 aliphatic heterocycles. The molecule has 2 amide bonds. The summed E-state index contributed by atoms with van der Waals surface area (Å²) in [6.07, 6.45) is 4.47. The number of carbonyl (C=O) groups excluding carboxylic acids is 1. The first-order chi connectivity index (χ1) is 10.3. The van der Waals surface area contributed by atoms with Gasteiger partial charge in [-0.3, -0.25) is 0 Å². The molecule has 0 aromatic carbocycles. The number of likely N-dealkylation sites (tertiary alicyclic amines) is 1. The van der Waals surface area contributed by atoms with Gasteiger partial charge in [-0.2, -0.15) is 0 Å². The Hall–Kier alpha value is -0.850. The molecule has 0 aromatic rings. The van der Waals surface area contributed by atoms with Crippen LogP contribution in [0.25, 0.3) is 0 Å². The largest absolute Gasteiger partial charge is 0.380 e. The van der Waals surface area contributed by atoms with Gasteiger partial charge in [-0.1, -0.05) is 0 Å². The third kappa shape index (κ3) is 4.08. The van der Waals surface area contributed by atoms with E-state index >= 15 is 0 Å². The number of piperidine rings is 1. The van der Waals surface area contributed by atoms with Crippen LogP contribution in [-0.2, 0) is 9.47 Å². The van der Waals surface area contributed by atoms with Crippen LogP contribution < -0.4 is 5.32 Å². The lowest BCUT2D eigenvalue weighted by atomic mass is 10.0. The predicted molar refractivity (Wildman–Crippen MR) is 79.4 cm³/mol. The fraction of sp³-hybridized carbons (Fsp3) is 0.933. The summed E-state index contributed by atoms with van der Waals surface area (Å²) in [5.41, 5.74) is 0. The average molecular weight is 297 g/mol. The van der Waals surface area contributed by atoms with Crippen molar-refractivity contribution in [3.05, 3.63) is 0 Å². The molecule has 3 fully saturated rings. The van der Waals surface area contributed by atoms with E-state index in [1.807, 2.05) is 9.80 Å². The summed E-state index contributed by atoms with van der Waals surface area (Å²) >= 11 is 0. The highest BCUT2D eigenvalue weighted by Gasteiger charge is 2.28. The molecule has 21 heavy (non-hydrogen) atoms. The summed E-state index contributed by atoms with van der Waals surface area (Å²) < 4.78 is 10.8. The molecule has 0 radical (unpaired) electrons. The summed E-state index contributed by atoms with van der Waals surface area (Å²) in [5.74, 6) is 0. The highest BCUT2D eigenvalue weighted by atomic mass is 16.5. The molecule has 6 nitrogen and oxygen atoms in total. The predicted octanol–water partition coefficient (Wildman–Crippen LogP) is 0.672. The van der Waals surface area contributed by atoms with Crippen LogP contribution in [0.3, 0.4) is 0 Å². The summed E-state index contributed by atoms with van der Waals surface area (Å²) in [6, 6.07) is 1.23. The van der Waals surface area contributed by atoms with Gasteiger partial charge in [-0.05, 0) is 25.7 Å². The van der Waals surface area contributed by atoms with Gasteiger partial charge >= 0.3 is 6.03 Å². The standard InChI is InChI=1S/C15H27N3O3/c19-15(18-7-10-20-11-8-18)17-5-3-13(4-6-17)16-14-2-1-9-21-12-14/h13-14,16H,1-12H2/t14-/m0/s1. The fourth-order valence-electron chi connectivity index (χ4n) is 3.40. The highest BCUT2D eigenvalue weighted by molar-refractivity contribution is 5.74. The van der Waals surface area contributed by atoms with E-state index in [-0.39, 0.29) is 6.03 Å². The third-order valence-electron chi connectivity index (χ3n) is 4.68. The Balaban J connectivity index is 1.40. The topological polar surface area (TPSA) is 54.0 Å². The Morgan fingerprint density at radius 1 is 0.857 bits per heavy atom. The van der Waals surface area contributed by atoms with Crippen LogP contribution in [0, 0.1) is 0 Å². The van der Waals surface area contributed by atoms with Crippen molar-refractivity contribution in [2.24, 2.45) is 0 Å². The van der Waals surface area contributed by atoms with Crippen molar-refractivity contribution >= 4 is 6.03 Å². The Morgan fingerprint density at radius 2 is 1.57 bits per heavy atom. The number of carbonyl (C=O) groups is 1. The molecule has 3 aliphatic rings. The molecule has 1 atom stereocenters. The molecule has 3 rings (SSSR count). The molecule has 0 aliphatic carbocycles. The van der Waals surface area contributed by atoms with Crippen LogP contribution in [0.15, 0.2) is 0 Å². The second kappa shape index (κ2) is 7.42. The van der Waals surface area contributed by atoms with Gasteiger partial charge in [0.05, 0.1) is 19.8 Å². The number of nitrogens with one attached hydrogen (secondary N) is 1. The maximum Gasteiger partial charge on any atom is 0.320 e. The number of urea groups is 1. The van der Waals surface area contributed by atoms with E-state index in [1.165, 1.54) is 6.42 Å². The Kier molecular flexibility index (Phi) is 5.32. The van der Waals surface area contributed by atoms with Crippen molar-refractivity contribution in [1.82, 2.24) is 15.1 Å². The number of morpholine rings is 1. The first-order valence-electron chi connectivity index (χ1n) is 8.28. The minimum Gasteiger partial charge on any atom is -0.380 e. The minimum absolute atomic E-state index is 0.192. The summed E-state index contributed by atoms with van der Waals surface area (Å²) in [4.78, 5) is 16.3. The lowest BCUT2D eigenvalue weighted by Gasteiger charge is -2.38. The molecular weight excluding hydrogens is 270 g/mol. The normalized spacial score (nSPS) is 28.7. The molecule has 120 valence electrons. The second-order valence-corrected chi connectivity index (χ2v) is 6.22.